The summed E-state index contributed by atoms with van der Waals surface area (Å²) < 4.78 is 2.10. The molecule has 0 fully saturated rings. The molecule has 3 heteroatoms. The van der Waals surface area contributed by atoms with Crippen LogP contribution in [0.3, 0.4) is 0 Å². The van der Waals surface area contributed by atoms with E-state index in [1.807, 2.05) is 18.7 Å². The number of hydrogen-bond donors (Lipinski definition) is 1. The van der Waals surface area contributed by atoms with Crippen LogP contribution in [-0.4, -0.2) is 22.6 Å². The molecule has 0 aliphatic carbocycles. The van der Waals surface area contributed by atoms with Crippen LogP contribution in [0.1, 0.15) is 32.6 Å². The van der Waals surface area contributed by atoms with Gasteiger partial charge in [-0.2, -0.15) is 0 Å². The summed E-state index contributed by atoms with van der Waals surface area (Å²) >= 11 is 0. The van der Waals surface area contributed by atoms with E-state index in [2.05, 4.69) is 21.8 Å². The summed E-state index contributed by atoms with van der Waals surface area (Å²) in [6.45, 7) is 5.46. The summed E-state index contributed by atoms with van der Waals surface area (Å²) in [6.07, 6.45) is 11.0. The van der Waals surface area contributed by atoms with Crippen molar-refractivity contribution in [1.29, 1.82) is 0 Å². The van der Waals surface area contributed by atoms with Gasteiger partial charge < -0.3 is 9.88 Å². The van der Waals surface area contributed by atoms with Gasteiger partial charge in [-0.15, -0.1) is 0 Å². The molecule has 3 nitrogen and oxygen atoms in total. The highest BCUT2D eigenvalue weighted by Gasteiger charge is 1.90. The van der Waals surface area contributed by atoms with E-state index in [4.69, 9.17) is 0 Å². The van der Waals surface area contributed by atoms with Crippen LogP contribution in [-0.2, 0) is 6.54 Å². The second-order valence-corrected chi connectivity index (χ2v) is 3.61. The van der Waals surface area contributed by atoms with E-state index in [9.17, 15) is 0 Å². The van der Waals surface area contributed by atoms with Crippen LogP contribution in [0, 0.1) is 0 Å². The third kappa shape index (κ3) is 5.02. The summed E-state index contributed by atoms with van der Waals surface area (Å²) in [5.41, 5.74) is 0. The fourth-order valence-corrected chi connectivity index (χ4v) is 1.43. The van der Waals surface area contributed by atoms with Gasteiger partial charge in [-0.1, -0.05) is 26.2 Å². The Morgan fingerprint density at radius 1 is 1.21 bits per heavy atom. The van der Waals surface area contributed by atoms with Crippen LogP contribution in [0.4, 0.5) is 0 Å². The van der Waals surface area contributed by atoms with Gasteiger partial charge >= 0.3 is 0 Å². The van der Waals surface area contributed by atoms with Crippen molar-refractivity contribution < 1.29 is 0 Å². The minimum atomic E-state index is 1.02. The Bertz CT molecular complexity index is 206. The summed E-state index contributed by atoms with van der Waals surface area (Å²) in [7, 11) is 0. The van der Waals surface area contributed by atoms with Crippen LogP contribution in [0.15, 0.2) is 18.7 Å². The maximum atomic E-state index is 4.00. The summed E-state index contributed by atoms with van der Waals surface area (Å²) in [4.78, 5) is 4.00. The molecule has 14 heavy (non-hydrogen) atoms. The summed E-state index contributed by atoms with van der Waals surface area (Å²) in [5, 5.41) is 3.43. The molecule has 0 aromatic carbocycles. The van der Waals surface area contributed by atoms with E-state index < -0.39 is 0 Å². The van der Waals surface area contributed by atoms with E-state index in [0.717, 1.165) is 19.6 Å². The quantitative estimate of drug-likeness (QED) is 0.643. The second kappa shape index (κ2) is 7.56. The monoisotopic (exact) mass is 195 g/mol. The highest BCUT2D eigenvalue weighted by Crippen LogP contribution is 1.96. The number of rotatable bonds is 8. The maximum absolute atomic E-state index is 4.00. The Morgan fingerprint density at radius 3 is 2.86 bits per heavy atom. The molecule has 1 heterocycles. The molecule has 0 saturated carbocycles. The van der Waals surface area contributed by atoms with Gasteiger partial charge in [0.2, 0.25) is 0 Å². The Hall–Kier alpha value is -0.830. The molecule has 0 radical (unpaired) electrons. The SMILES string of the molecule is CCCCCCNCCn1ccnc1. The topological polar surface area (TPSA) is 29.9 Å². The first-order chi connectivity index (χ1) is 6.93. The Labute approximate surface area is 86.5 Å². The van der Waals surface area contributed by atoms with Gasteiger partial charge in [-0.25, -0.2) is 4.98 Å². The zero-order chi connectivity index (χ0) is 10.1. The molecule has 0 unspecified atom stereocenters. The predicted molar refractivity (Wildman–Crippen MR) is 59.2 cm³/mol. The number of nitrogens with zero attached hydrogens (tertiary/aromatic N) is 2. The van der Waals surface area contributed by atoms with Crippen LogP contribution in [0.25, 0.3) is 0 Å². The van der Waals surface area contributed by atoms with Crippen molar-refractivity contribution in [2.75, 3.05) is 13.1 Å². The molecular weight excluding hydrogens is 174 g/mol. The summed E-state index contributed by atoms with van der Waals surface area (Å²) in [6, 6.07) is 0. The average Bonchev–Trinajstić information content (AvgIpc) is 2.69. The lowest BCUT2D eigenvalue weighted by molar-refractivity contribution is 0.561. The van der Waals surface area contributed by atoms with Gasteiger partial charge in [0.1, 0.15) is 0 Å². The lowest BCUT2D eigenvalue weighted by Crippen LogP contribution is -2.20. The van der Waals surface area contributed by atoms with Gasteiger partial charge in [0.15, 0.2) is 0 Å². The number of hydrogen-bond acceptors (Lipinski definition) is 2. The lowest BCUT2D eigenvalue weighted by atomic mass is 10.2. The Kier molecular flexibility index (Phi) is 6.07. The van der Waals surface area contributed by atoms with Gasteiger partial charge in [-0.3, -0.25) is 0 Å². The van der Waals surface area contributed by atoms with Gasteiger partial charge in [-0.05, 0) is 13.0 Å². The fraction of sp³-hybridized carbons (Fsp3) is 0.727. The van der Waals surface area contributed by atoms with Crippen LogP contribution < -0.4 is 5.32 Å². The van der Waals surface area contributed by atoms with Gasteiger partial charge in [0, 0.05) is 25.5 Å². The smallest absolute Gasteiger partial charge is 0.0946 e. The molecule has 1 aromatic heterocycles. The first kappa shape index (κ1) is 11.2. The number of nitrogens with one attached hydrogen (secondary N) is 1. The molecule has 0 amide bonds. The maximum Gasteiger partial charge on any atom is 0.0946 e. The minimum absolute atomic E-state index is 1.02. The van der Waals surface area contributed by atoms with Crippen LogP contribution in [0.2, 0.25) is 0 Å². The highest BCUT2D eigenvalue weighted by atomic mass is 15.0. The minimum Gasteiger partial charge on any atom is -0.336 e. The van der Waals surface area contributed by atoms with Crippen molar-refractivity contribution in [3.05, 3.63) is 18.7 Å². The first-order valence-corrected chi connectivity index (χ1v) is 5.60. The van der Waals surface area contributed by atoms with Gasteiger partial charge in [0.05, 0.1) is 6.33 Å². The summed E-state index contributed by atoms with van der Waals surface area (Å²) in [5.74, 6) is 0. The molecule has 80 valence electrons. The largest absolute Gasteiger partial charge is 0.336 e. The average molecular weight is 195 g/mol. The molecule has 0 aliphatic heterocycles. The first-order valence-electron chi connectivity index (χ1n) is 5.60. The zero-order valence-corrected chi connectivity index (χ0v) is 9.08. The molecule has 1 N–H and O–H groups in total. The molecule has 0 spiro atoms. The van der Waals surface area contributed by atoms with Crippen molar-refractivity contribution >= 4 is 0 Å². The van der Waals surface area contributed by atoms with E-state index in [1.54, 1.807) is 0 Å². The van der Waals surface area contributed by atoms with Crippen molar-refractivity contribution in [3.63, 3.8) is 0 Å². The normalized spacial score (nSPS) is 10.6. The van der Waals surface area contributed by atoms with E-state index >= 15 is 0 Å². The Morgan fingerprint density at radius 2 is 2.14 bits per heavy atom. The number of aromatic nitrogens is 2. The standard InChI is InChI=1S/C11H21N3/c1-2-3-4-5-6-12-7-9-14-10-8-13-11-14/h8,10-12H,2-7,9H2,1H3. The van der Waals surface area contributed by atoms with Gasteiger partial charge in [0.25, 0.3) is 0 Å². The van der Waals surface area contributed by atoms with Crippen LogP contribution >= 0.6 is 0 Å². The molecule has 1 rings (SSSR count). The third-order valence-electron chi connectivity index (χ3n) is 2.31. The molecule has 1 aromatic rings. The predicted octanol–water partition coefficient (Wildman–Crippen LogP) is 2.05. The van der Waals surface area contributed by atoms with E-state index in [-0.39, 0.29) is 0 Å². The molecule has 0 saturated heterocycles. The fourth-order valence-electron chi connectivity index (χ4n) is 1.43. The number of imidazole rings is 1. The third-order valence-corrected chi connectivity index (χ3v) is 2.31. The molecule has 0 atom stereocenters. The van der Waals surface area contributed by atoms with E-state index in [1.165, 1.54) is 25.7 Å². The van der Waals surface area contributed by atoms with Crippen molar-refractivity contribution in [2.45, 2.75) is 39.2 Å². The van der Waals surface area contributed by atoms with Crippen molar-refractivity contribution in [2.24, 2.45) is 0 Å². The highest BCUT2D eigenvalue weighted by molar-refractivity contribution is 4.74. The van der Waals surface area contributed by atoms with Crippen LogP contribution in [0.5, 0.6) is 0 Å². The van der Waals surface area contributed by atoms with Crippen molar-refractivity contribution in [1.82, 2.24) is 14.9 Å². The molecule has 0 aliphatic rings. The molecular formula is C11H21N3. The Balaban J connectivity index is 1.85. The molecule has 0 bridgehead atoms. The number of unbranched alkanes of at least 4 members (excludes halogenated alkanes) is 3. The zero-order valence-electron chi connectivity index (χ0n) is 9.08. The van der Waals surface area contributed by atoms with E-state index in [0.29, 0.717) is 0 Å². The van der Waals surface area contributed by atoms with Crippen molar-refractivity contribution in [3.8, 4) is 0 Å². The second-order valence-electron chi connectivity index (χ2n) is 3.61. The lowest BCUT2D eigenvalue weighted by Gasteiger charge is -2.04.